The maximum absolute atomic E-state index is 12.7. The van der Waals surface area contributed by atoms with Crippen LogP contribution in [0.25, 0.3) is 0 Å². The fourth-order valence-corrected chi connectivity index (χ4v) is 2.44. The van der Waals surface area contributed by atoms with Gasteiger partial charge in [-0.15, -0.1) is 0 Å². The lowest BCUT2D eigenvalue weighted by Crippen LogP contribution is -2.37. The second-order valence-corrected chi connectivity index (χ2v) is 5.50. The number of benzene rings is 1. The quantitative estimate of drug-likeness (QED) is 0.806. The number of amides is 1. The van der Waals surface area contributed by atoms with Crippen LogP contribution >= 0.6 is 15.9 Å². The van der Waals surface area contributed by atoms with Crippen LogP contribution in [-0.2, 0) is 6.54 Å². The van der Waals surface area contributed by atoms with Crippen molar-refractivity contribution in [3.63, 3.8) is 0 Å². The van der Waals surface area contributed by atoms with Crippen LogP contribution in [0, 0.1) is 0 Å². The minimum Gasteiger partial charge on any atom is -0.457 e. The molecule has 20 heavy (non-hydrogen) atoms. The van der Waals surface area contributed by atoms with Crippen LogP contribution in [-0.4, -0.2) is 16.8 Å². The van der Waals surface area contributed by atoms with E-state index >= 15 is 0 Å². The van der Waals surface area contributed by atoms with Gasteiger partial charge in [-0.05, 0) is 40.9 Å². The van der Waals surface area contributed by atoms with Crippen LogP contribution in [0.3, 0.4) is 0 Å². The van der Waals surface area contributed by atoms with E-state index in [0.717, 1.165) is 12.0 Å². The Morgan fingerprint density at radius 3 is 2.55 bits per heavy atom. The summed E-state index contributed by atoms with van der Waals surface area (Å²) >= 11 is 3.28. The van der Waals surface area contributed by atoms with Crippen molar-refractivity contribution in [2.24, 2.45) is 0 Å². The summed E-state index contributed by atoms with van der Waals surface area (Å²) in [5.41, 5.74) is 1.70. The summed E-state index contributed by atoms with van der Waals surface area (Å²) < 4.78 is 5.66. The van der Waals surface area contributed by atoms with Gasteiger partial charge in [0.2, 0.25) is 0 Å². The summed E-state index contributed by atoms with van der Waals surface area (Å²) in [4.78, 5) is 14.5. The van der Waals surface area contributed by atoms with Crippen LogP contribution in [0.4, 0.5) is 0 Å². The molecule has 0 spiro atoms. The van der Waals surface area contributed by atoms with Gasteiger partial charge < -0.3 is 9.32 Å². The molecule has 1 aromatic carbocycles. The Labute approximate surface area is 127 Å². The SMILES string of the molecule is CCC(C)N(Cc1ccccc1)C(=O)c1ccoc1Br. The normalized spacial score (nSPS) is 12.2. The minimum absolute atomic E-state index is 0.0103. The van der Waals surface area contributed by atoms with Gasteiger partial charge in [-0.2, -0.15) is 0 Å². The Morgan fingerprint density at radius 2 is 2.00 bits per heavy atom. The molecule has 0 bridgehead atoms. The van der Waals surface area contributed by atoms with Gasteiger partial charge >= 0.3 is 0 Å². The fourth-order valence-electron chi connectivity index (χ4n) is 2.03. The van der Waals surface area contributed by atoms with Gasteiger partial charge in [0.15, 0.2) is 4.67 Å². The Hall–Kier alpha value is -1.55. The summed E-state index contributed by atoms with van der Waals surface area (Å²) in [6, 6.07) is 11.9. The van der Waals surface area contributed by atoms with Gasteiger partial charge in [0.25, 0.3) is 5.91 Å². The molecule has 2 rings (SSSR count). The van der Waals surface area contributed by atoms with Crippen LogP contribution < -0.4 is 0 Å². The van der Waals surface area contributed by atoms with E-state index < -0.39 is 0 Å². The molecule has 0 radical (unpaired) electrons. The molecule has 0 aliphatic rings. The molecular formula is C16H18BrNO2. The Balaban J connectivity index is 2.24. The maximum atomic E-state index is 12.7. The van der Waals surface area contributed by atoms with Gasteiger partial charge in [-0.1, -0.05) is 37.3 Å². The Bertz CT molecular complexity index is 565. The van der Waals surface area contributed by atoms with Crippen molar-refractivity contribution in [3.05, 3.63) is 58.5 Å². The minimum atomic E-state index is -0.0103. The first-order valence-electron chi connectivity index (χ1n) is 6.71. The van der Waals surface area contributed by atoms with E-state index in [1.54, 1.807) is 6.07 Å². The molecule has 0 N–H and O–H groups in total. The largest absolute Gasteiger partial charge is 0.457 e. The van der Waals surface area contributed by atoms with E-state index in [2.05, 4.69) is 29.8 Å². The van der Waals surface area contributed by atoms with Crippen molar-refractivity contribution in [2.75, 3.05) is 0 Å². The second-order valence-electron chi connectivity index (χ2n) is 4.78. The molecular weight excluding hydrogens is 318 g/mol. The lowest BCUT2D eigenvalue weighted by molar-refractivity contribution is 0.0669. The van der Waals surface area contributed by atoms with Crippen LogP contribution in [0.1, 0.15) is 36.2 Å². The molecule has 0 fully saturated rings. The molecule has 1 heterocycles. The molecule has 1 amide bonds. The van der Waals surface area contributed by atoms with E-state index in [9.17, 15) is 4.79 Å². The van der Waals surface area contributed by atoms with Gasteiger partial charge in [-0.3, -0.25) is 4.79 Å². The fraction of sp³-hybridized carbons (Fsp3) is 0.312. The lowest BCUT2D eigenvalue weighted by Gasteiger charge is -2.28. The van der Waals surface area contributed by atoms with E-state index in [1.807, 2.05) is 35.2 Å². The Morgan fingerprint density at radius 1 is 1.30 bits per heavy atom. The van der Waals surface area contributed by atoms with Crippen molar-refractivity contribution in [3.8, 4) is 0 Å². The summed E-state index contributed by atoms with van der Waals surface area (Å²) in [5, 5.41) is 0. The maximum Gasteiger partial charge on any atom is 0.258 e. The number of carbonyl (C=O) groups excluding carboxylic acids is 1. The number of halogens is 1. The summed E-state index contributed by atoms with van der Waals surface area (Å²) in [5.74, 6) is -0.0103. The van der Waals surface area contributed by atoms with Crippen LogP contribution in [0.2, 0.25) is 0 Å². The van der Waals surface area contributed by atoms with E-state index in [1.165, 1.54) is 6.26 Å². The standard InChI is InChI=1S/C16H18BrNO2/c1-3-12(2)18(11-13-7-5-4-6-8-13)16(19)14-9-10-20-15(14)17/h4-10,12H,3,11H2,1-2H3. The average Bonchev–Trinajstić information content (AvgIpc) is 2.90. The van der Waals surface area contributed by atoms with Crippen LogP contribution in [0.5, 0.6) is 0 Å². The highest BCUT2D eigenvalue weighted by molar-refractivity contribution is 9.10. The monoisotopic (exact) mass is 335 g/mol. The van der Waals surface area contributed by atoms with Crippen molar-refractivity contribution in [2.45, 2.75) is 32.9 Å². The van der Waals surface area contributed by atoms with E-state index in [-0.39, 0.29) is 11.9 Å². The van der Waals surface area contributed by atoms with E-state index in [4.69, 9.17) is 4.42 Å². The summed E-state index contributed by atoms with van der Waals surface area (Å²) in [6.45, 7) is 4.75. The summed E-state index contributed by atoms with van der Waals surface area (Å²) in [6.07, 6.45) is 2.43. The molecule has 0 saturated heterocycles. The van der Waals surface area contributed by atoms with Crippen molar-refractivity contribution in [1.82, 2.24) is 4.90 Å². The zero-order valence-electron chi connectivity index (χ0n) is 11.7. The smallest absolute Gasteiger partial charge is 0.258 e. The number of rotatable bonds is 5. The first-order chi connectivity index (χ1) is 9.63. The Kier molecular flexibility index (Phi) is 5.01. The number of carbonyl (C=O) groups is 1. The molecule has 4 heteroatoms. The molecule has 1 atom stereocenters. The zero-order chi connectivity index (χ0) is 14.5. The molecule has 0 saturated carbocycles. The van der Waals surface area contributed by atoms with Gasteiger partial charge in [0.1, 0.15) is 0 Å². The number of nitrogens with zero attached hydrogens (tertiary/aromatic N) is 1. The predicted octanol–water partition coefficient (Wildman–Crippen LogP) is 4.48. The lowest BCUT2D eigenvalue weighted by atomic mass is 10.1. The average molecular weight is 336 g/mol. The highest BCUT2D eigenvalue weighted by Gasteiger charge is 2.23. The zero-order valence-corrected chi connectivity index (χ0v) is 13.3. The van der Waals surface area contributed by atoms with Crippen molar-refractivity contribution >= 4 is 21.8 Å². The van der Waals surface area contributed by atoms with Gasteiger partial charge in [0.05, 0.1) is 11.8 Å². The second kappa shape index (κ2) is 6.75. The number of hydrogen-bond donors (Lipinski definition) is 0. The third-order valence-corrected chi connectivity index (χ3v) is 4.04. The van der Waals surface area contributed by atoms with Crippen molar-refractivity contribution in [1.29, 1.82) is 0 Å². The molecule has 3 nitrogen and oxygen atoms in total. The molecule has 106 valence electrons. The highest BCUT2D eigenvalue weighted by Crippen LogP contribution is 2.22. The van der Waals surface area contributed by atoms with Crippen molar-refractivity contribution < 1.29 is 9.21 Å². The third kappa shape index (κ3) is 3.31. The summed E-state index contributed by atoms with van der Waals surface area (Å²) in [7, 11) is 0. The molecule has 1 aromatic heterocycles. The third-order valence-electron chi connectivity index (χ3n) is 3.43. The molecule has 0 aliphatic carbocycles. The number of hydrogen-bond acceptors (Lipinski definition) is 2. The predicted molar refractivity (Wildman–Crippen MR) is 82.5 cm³/mol. The van der Waals surface area contributed by atoms with Gasteiger partial charge in [0, 0.05) is 12.6 Å². The van der Waals surface area contributed by atoms with Gasteiger partial charge in [-0.25, -0.2) is 0 Å². The molecule has 2 aromatic rings. The molecule has 1 unspecified atom stereocenters. The van der Waals surface area contributed by atoms with Crippen LogP contribution in [0.15, 0.2) is 51.7 Å². The first-order valence-corrected chi connectivity index (χ1v) is 7.50. The topological polar surface area (TPSA) is 33.5 Å². The molecule has 0 aliphatic heterocycles. The number of furan rings is 1. The first kappa shape index (κ1) is 14.9. The highest BCUT2D eigenvalue weighted by atomic mass is 79.9. The van der Waals surface area contributed by atoms with E-state index in [0.29, 0.717) is 16.8 Å².